The van der Waals surface area contributed by atoms with Gasteiger partial charge in [-0.1, -0.05) is 17.7 Å². The number of hydrogen-bond donors (Lipinski definition) is 0. The van der Waals surface area contributed by atoms with Crippen LogP contribution in [0.15, 0.2) is 55.3 Å². The maximum Gasteiger partial charge on any atom is 0.216 e. The molecule has 1 heterocycles. The largest absolute Gasteiger partial charge is 0.450 e. The van der Waals surface area contributed by atoms with E-state index in [1.807, 2.05) is 6.92 Å². The van der Waals surface area contributed by atoms with Crippen molar-refractivity contribution in [2.45, 2.75) is 11.8 Å². The molecule has 2 aromatic rings. The van der Waals surface area contributed by atoms with Crippen LogP contribution in [0.5, 0.6) is 0 Å². The summed E-state index contributed by atoms with van der Waals surface area (Å²) in [6.45, 7) is 1.86. The van der Waals surface area contributed by atoms with Crippen LogP contribution in [0.25, 0.3) is 6.08 Å². The summed E-state index contributed by atoms with van der Waals surface area (Å²) in [5.74, 6) is 0.295. The number of nitrogens with zero attached hydrogens (tertiary/aromatic N) is 1. The second-order valence-electron chi connectivity index (χ2n) is 4.08. The molecule has 0 spiro atoms. The van der Waals surface area contributed by atoms with Crippen LogP contribution < -0.4 is 0 Å². The molecule has 6 heteroatoms. The van der Waals surface area contributed by atoms with Crippen molar-refractivity contribution in [1.29, 1.82) is 5.26 Å². The molecule has 0 aliphatic rings. The van der Waals surface area contributed by atoms with Crippen LogP contribution in [0.4, 0.5) is 0 Å². The third-order valence-corrected chi connectivity index (χ3v) is 4.71. The lowest BCUT2D eigenvalue weighted by Gasteiger charge is -2.02. The van der Waals surface area contributed by atoms with E-state index in [9.17, 15) is 8.42 Å². The Kier molecular flexibility index (Phi) is 4.12. The van der Waals surface area contributed by atoms with Crippen molar-refractivity contribution in [3.8, 4) is 6.07 Å². The van der Waals surface area contributed by atoms with Crippen LogP contribution in [0.1, 0.15) is 11.3 Å². The highest BCUT2D eigenvalue weighted by Crippen LogP contribution is 2.23. The van der Waals surface area contributed by atoms with E-state index in [0.717, 1.165) is 5.56 Å². The summed E-state index contributed by atoms with van der Waals surface area (Å²) in [7, 11) is -3.83. The molecule has 0 aliphatic heterocycles. The summed E-state index contributed by atoms with van der Waals surface area (Å²) < 4.78 is 30.3. The molecule has 0 saturated carbocycles. The van der Waals surface area contributed by atoms with Crippen LogP contribution in [0, 0.1) is 18.3 Å². The van der Waals surface area contributed by atoms with Gasteiger partial charge in [-0.25, -0.2) is 8.42 Å². The zero-order chi connectivity index (χ0) is 14.8. The zero-order valence-electron chi connectivity index (χ0n) is 10.5. The van der Waals surface area contributed by atoms with Crippen molar-refractivity contribution in [3.63, 3.8) is 0 Å². The number of benzene rings is 1. The minimum Gasteiger partial charge on any atom is -0.450 e. The Balaban J connectivity index is 2.48. The van der Waals surface area contributed by atoms with E-state index >= 15 is 0 Å². The standard InChI is InChI=1S/C14H10BrNO3S/c1-10-2-5-12(6-3-10)20(17,18)13(9-16)8-11-4-7-14(15)19-11/h2-8H,1H3/b13-8+. The Bertz CT molecular complexity index is 796. The maximum absolute atomic E-state index is 12.3. The molecule has 1 aromatic carbocycles. The van der Waals surface area contributed by atoms with Crippen LogP contribution in [0.3, 0.4) is 0 Å². The summed E-state index contributed by atoms with van der Waals surface area (Å²) in [6, 6.07) is 11.2. The van der Waals surface area contributed by atoms with Crippen LogP contribution in [-0.4, -0.2) is 8.42 Å². The Morgan fingerprint density at radius 3 is 2.40 bits per heavy atom. The number of nitriles is 1. The number of hydrogen-bond acceptors (Lipinski definition) is 4. The molecule has 0 atom stereocenters. The fourth-order valence-corrected chi connectivity index (χ4v) is 3.01. The lowest BCUT2D eigenvalue weighted by Crippen LogP contribution is -2.03. The molecular formula is C14H10BrNO3S. The minimum atomic E-state index is -3.83. The molecule has 0 saturated heterocycles. The average Bonchev–Trinajstić information content (AvgIpc) is 2.82. The zero-order valence-corrected chi connectivity index (χ0v) is 12.9. The molecule has 0 radical (unpaired) electrons. The van der Waals surface area contributed by atoms with Gasteiger partial charge >= 0.3 is 0 Å². The number of rotatable bonds is 3. The molecule has 2 rings (SSSR count). The van der Waals surface area contributed by atoms with Crippen LogP contribution in [0.2, 0.25) is 0 Å². The van der Waals surface area contributed by atoms with Crippen molar-refractivity contribution in [3.05, 3.63) is 57.3 Å². The van der Waals surface area contributed by atoms with Gasteiger partial charge in [-0.3, -0.25) is 0 Å². The van der Waals surface area contributed by atoms with Crippen molar-refractivity contribution in [2.24, 2.45) is 0 Å². The van der Waals surface area contributed by atoms with Crippen LogP contribution >= 0.6 is 15.9 Å². The van der Waals surface area contributed by atoms with Crippen LogP contribution in [-0.2, 0) is 9.84 Å². The first kappa shape index (κ1) is 14.6. The van der Waals surface area contributed by atoms with Gasteiger partial charge in [-0.15, -0.1) is 0 Å². The average molecular weight is 352 g/mol. The molecule has 1 aromatic heterocycles. The van der Waals surface area contributed by atoms with Gasteiger partial charge in [0.2, 0.25) is 9.84 Å². The van der Waals surface area contributed by atoms with E-state index in [4.69, 9.17) is 9.68 Å². The third-order valence-electron chi connectivity index (χ3n) is 2.60. The Labute approximate surface area is 125 Å². The Hall–Kier alpha value is -1.84. The Morgan fingerprint density at radius 2 is 1.90 bits per heavy atom. The first-order chi connectivity index (χ1) is 9.43. The molecule has 0 aliphatic carbocycles. The molecule has 0 fully saturated rings. The SMILES string of the molecule is Cc1ccc(S(=O)(=O)/C(C#N)=C/c2ccc(Br)o2)cc1. The van der Waals surface area contributed by atoms with Crippen molar-refractivity contribution in [2.75, 3.05) is 0 Å². The van der Waals surface area contributed by atoms with Gasteiger partial charge in [-0.05, 0) is 47.1 Å². The normalized spacial score (nSPS) is 12.2. The van der Waals surface area contributed by atoms with Crippen molar-refractivity contribution in [1.82, 2.24) is 0 Å². The molecule has 0 bridgehead atoms. The van der Waals surface area contributed by atoms with E-state index in [-0.39, 0.29) is 9.80 Å². The molecular weight excluding hydrogens is 342 g/mol. The van der Waals surface area contributed by atoms with Gasteiger partial charge in [0.25, 0.3) is 0 Å². The van der Waals surface area contributed by atoms with Gasteiger partial charge in [0.1, 0.15) is 11.8 Å². The predicted molar refractivity (Wildman–Crippen MR) is 78.4 cm³/mol. The topological polar surface area (TPSA) is 71.1 Å². The smallest absolute Gasteiger partial charge is 0.216 e. The molecule has 102 valence electrons. The van der Waals surface area contributed by atoms with E-state index in [1.54, 1.807) is 30.3 Å². The fourth-order valence-electron chi connectivity index (χ4n) is 1.55. The molecule has 20 heavy (non-hydrogen) atoms. The third kappa shape index (κ3) is 3.00. The van der Waals surface area contributed by atoms with Gasteiger partial charge in [-0.2, -0.15) is 5.26 Å². The van der Waals surface area contributed by atoms with Gasteiger partial charge in [0, 0.05) is 6.08 Å². The summed E-state index contributed by atoms with van der Waals surface area (Å²) >= 11 is 3.12. The number of furan rings is 1. The highest BCUT2D eigenvalue weighted by Gasteiger charge is 2.21. The fraction of sp³-hybridized carbons (Fsp3) is 0.0714. The van der Waals surface area contributed by atoms with E-state index < -0.39 is 9.84 Å². The van der Waals surface area contributed by atoms with E-state index in [0.29, 0.717) is 10.4 Å². The number of sulfone groups is 1. The van der Waals surface area contributed by atoms with Gasteiger partial charge < -0.3 is 4.42 Å². The lowest BCUT2D eigenvalue weighted by atomic mass is 10.2. The van der Waals surface area contributed by atoms with Gasteiger partial charge in [0.05, 0.1) is 4.90 Å². The monoisotopic (exact) mass is 351 g/mol. The summed E-state index contributed by atoms with van der Waals surface area (Å²) in [6.07, 6.45) is 1.21. The quantitative estimate of drug-likeness (QED) is 0.790. The highest BCUT2D eigenvalue weighted by atomic mass is 79.9. The van der Waals surface area contributed by atoms with Crippen molar-refractivity contribution < 1.29 is 12.8 Å². The summed E-state index contributed by atoms with van der Waals surface area (Å²) in [5.41, 5.74) is 0.946. The first-order valence-corrected chi connectivity index (χ1v) is 7.90. The molecule has 4 nitrogen and oxygen atoms in total. The second-order valence-corrected chi connectivity index (χ2v) is 6.78. The Morgan fingerprint density at radius 1 is 1.25 bits per heavy atom. The summed E-state index contributed by atoms with van der Waals surface area (Å²) in [4.78, 5) is -0.273. The highest BCUT2D eigenvalue weighted by molar-refractivity contribution is 9.10. The van der Waals surface area contributed by atoms with Crippen molar-refractivity contribution >= 4 is 31.8 Å². The second kappa shape index (κ2) is 5.65. The lowest BCUT2D eigenvalue weighted by molar-refractivity contribution is 0.531. The van der Waals surface area contributed by atoms with E-state index in [1.165, 1.54) is 18.2 Å². The predicted octanol–water partition coefficient (Wildman–Crippen LogP) is 3.69. The first-order valence-electron chi connectivity index (χ1n) is 5.62. The number of allylic oxidation sites excluding steroid dienone is 1. The molecule has 0 unspecified atom stereocenters. The van der Waals surface area contributed by atoms with E-state index in [2.05, 4.69) is 15.9 Å². The number of aryl methyl sites for hydroxylation is 1. The molecule has 0 amide bonds. The summed E-state index contributed by atoms with van der Waals surface area (Å²) in [5, 5.41) is 9.09. The minimum absolute atomic E-state index is 0.0847. The number of halogens is 1. The maximum atomic E-state index is 12.3. The van der Waals surface area contributed by atoms with Gasteiger partial charge in [0.15, 0.2) is 9.57 Å². The molecule has 0 N–H and O–H groups in total.